The number of halogens is 9. The molecule has 4 rings (SSSR count). The van der Waals surface area contributed by atoms with Crippen LogP contribution in [0.3, 0.4) is 0 Å². The van der Waals surface area contributed by atoms with Crippen LogP contribution in [0.5, 0.6) is 0 Å². The molecule has 3 aliphatic heterocycles. The molecule has 0 bridgehead atoms. The van der Waals surface area contributed by atoms with E-state index in [0.29, 0.717) is 22.4 Å². The van der Waals surface area contributed by atoms with Crippen LogP contribution in [0.1, 0.15) is 48.6 Å². The minimum atomic E-state index is -5.85. The first-order valence-corrected chi connectivity index (χ1v) is 11.1. The summed E-state index contributed by atoms with van der Waals surface area (Å²) in [4.78, 5) is 31.3. The van der Waals surface area contributed by atoms with Gasteiger partial charge in [-0.25, -0.2) is 14.5 Å². The molecule has 1 unspecified atom stereocenters. The Labute approximate surface area is 203 Å². The average molecular weight is 549 g/mol. The maximum Gasteiger partial charge on any atom is 0.434 e. The third-order valence-corrected chi connectivity index (χ3v) is 6.77. The van der Waals surface area contributed by atoms with Crippen molar-refractivity contribution < 1.29 is 53.8 Å². The molecular weight excluding hydrogens is 529 g/mol. The van der Waals surface area contributed by atoms with Gasteiger partial charge in [-0.3, -0.25) is 4.79 Å². The normalized spacial score (nSPS) is 22.1. The van der Waals surface area contributed by atoms with Crippen molar-refractivity contribution in [3.63, 3.8) is 0 Å². The van der Waals surface area contributed by atoms with Gasteiger partial charge in [-0.15, -0.1) is 0 Å². The maximum atomic E-state index is 13.3. The van der Waals surface area contributed by atoms with Crippen molar-refractivity contribution in [3.05, 3.63) is 11.8 Å². The Morgan fingerprint density at radius 3 is 2.16 bits per heavy atom. The van der Waals surface area contributed by atoms with Crippen LogP contribution in [0.25, 0.3) is 0 Å². The number of aliphatic imine (C=N–C) groups is 1. The number of alkyl halides is 9. The number of aromatic nitrogens is 2. The summed E-state index contributed by atoms with van der Waals surface area (Å²) in [5.74, 6) is -0.827. The number of rotatable bonds is 2. The molecule has 206 valence electrons. The Hall–Kier alpha value is -3.01. The zero-order chi connectivity index (χ0) is 27.4. The predicted octanol–water partition coefficient (Wildman–Crippen LogP) is 4.79. The average Bonchev–Trinajstić information content (AvgIpc) is 3.39. The third-order valence-electron chi connectivity index (χ3n) is 6.77. The number of likely N-dealkylation sites (tertiary alicyclic amines) is 2. The Morgan fingerprint density at radius 1 is 0.973 bits per heavy atom. The molecular formula is C20H20F9N5O3. The second kappa shape index (κ2) is 9.08. The van der Waals surface area contributed by atoms with E-state index < -0.39 is 54.6 Å². The standard InChI is InChI=1S/C20H20F9N5O3/c21-18(22,23)12-2-6-30-13-10-11(31-34(12)13)14(35)33-7-1-3-17(33)4-8-32(9-5-17)16(36)37-15(19(24,25)26)20(27,28)29/h6,10,12,15H,1-5,7-9H2. The largest absolute Gasteiger partial charge is 0.434 e. The van der Waals surface area contributed by atoms with Crippen molar-refractivity contribution in [1.29, 1.82) is 0 Å². The number of hydrogen-bond donors (Lipinski definition) is 0. The molecule has 1 aromatic rings. The third kappa shape index (κ3) is 5.21. The van der Waals surface area contributed by atoms with Crippen molar-refractivity contribution >= 4 is 24.0 Å². The predicted molar refractivity (Wildman–Crippen MR) is 106 cm³/mol. The second-order valence-corrected chi connectivity index (χ2v) is 9.06. The van der Waals surface area contributed by atoms with Crippen LogP contribution < -0.4 is 0 Å². The zero-order valence-electron chi connectivity index (χ0n) is 18.8. The van der Waals surface area contributed by atoms with Gasteiger partial charge in [-0.1, -0.05) is 0 Å². The fourth-order valence-corrected chi connectivity index (χ4v) is 4.95. The number of nitrogens with zero attached hydrogens (tertiary/aromatic N) is 5. The summed E-state index contributed by atoms with van der Waals surface area (Å²) >= 11 is 0. The zero-order valence-corrected chi connectivity index (χ0v) is 18.8. The molecule has 2 fully saturated rings. The Balaban J connectivity index is 1.46. The van der Waals surface area contributed by atoms with Crippen molar-refractivity contribution in [1.82, 2.24) is 19.6 Å². The smallest absolute Gasteiger partial charge is 0.426 e. The second-order valence-electron chi connectivity index (χ2n) is 9.06. The van der Waals surface area contributed by atoms with Crippen molar-refractivity contribution in [2.24, 2.45) is 4.99 Å². The first-order valence-electron chi connectivity index (χ1n) is 11.1. The summed E-state index contributed by atoms with van der Waals surface area (Å²) in [6.45, 7) is -0.363. The van der Waals surface area contributed by atoms with E-state index in [-0.39, 0.29) is 44.0 Å². The summed E-state index contributed by atoms with van der Waals surface area (Å²) in [5.41, 5.74) is -1.16. The van der Waals surface area contributed by atoms with Gasteiger partial charge in [-0.2, -0.15) is 44.6 Å². The highest BCUT2D eigenvalue weighted by Gasteiger charge is 2.60. The lowest BCUT2D eigenvalue weighted by Crippen LogP contribution is -2.56. The Morgan fingerprint density at radius 2 is 1.59 bits per heavy atom. The van der Waals surface area contributed by atoms with Crippen LogP contribution in [0.4, 0.5) is 50.1 Å². The molecule has 1 spiro atoms. The van der Waals surface area contributed by atoms with Gasteiger partial charge in [0.25, 0.3) is 12.0 Å². The number of piperidine rings is 1. The number of amides is 2. The lowest BCUT2D eigenvalue weighted by Gasteiger charge is -2.44. The van der Waals surface area contributed by atoms with E-state index in [2.05, 4.69) is 14.8 Å². The molecule has 0 aromatic carbocycles. The van der Waals surface area contributed by atoms with E-state index in [1.807, 2.05) is 0 Å². The van der Waals surface area contributed by atoms with Crippen molar-refractivity contribution in [2.45, 2.75) is 68.3 Å². The molecule has 0 radical (unpaired) electrons. The number of ether oxygens (including phenoxy) is 1. The molecule has 1 aromatic heterocycles. The minimum Gasteiger partial charge on any atom is -0.426 e. The lowest BCUT2D eigenvalue weighted by atomic mass is 9.85. The van der Waals surface area contributed by atoms with Gasteiger partial charge in [-0.05, 0) is 25.7 Å². The van der Waals surface area contributed by atoms with Crippen molar-refractivity contribution in [2.75, 3.05) is 19.6 Å². The summed E-state index contributed by atoms with van der Waals surface area (Å²) in [7, 11) is 0. The molecule has 2 saturated heterocycles. The molecule has 8 nitrogen and oxygen atoms in total. The van der Waals surface area contributed by atoms with E-state index in [0.717, 1.165) is 12.3 Å². The quantitative estimate of drug-likeness (QED) is 0.497. The molecule has 4 heterocycles. The molecule has 0 aliphatic carbocycles. The van der Waals surface area contributed by atoms with Crippen molar-refractivity contribution in [3.8, 4) is 0 Å². The number of carbonyl (C=O) groups is 2. The van der Waals surface area contributed by atoms with Crippen LogP contribution in [0.15, 0.2) is 11.1 Å². The highest BCUT2D eigenvalue weighted by Crippen LogP contribution is 2.42. The molecule has 1 atom stereocenters. The maximum absolute atomic E-state index is 13.3. The summed E-state index contributed by atoms with van der Waals surface area (Å²) in [6, 6.07) is -0.857. The Kier molecular flexibility index (Phi) is 6.63. The number of fused-ring (bicyclic) bond motifs is 1. The van der Waals surface area contributed by atoms with Gasteiger partial charge in [0, 0.05) is 43.9 Å². The van der Waals surface area contributed by atoms with E-state index in [1.54, 1.807) is 0 Å². The topological polar surface area (TPSA) is 80.0 Å². The van der Waals surface area contributed by atoms with Gasteiger partial charge in [0.05, 0.1) is 0 Å². The van der Waals surface area contributed by atoms with Crippen LogP contribution in [-0.4, -0.2) is 87.6 Å². The monoisotopic (exact) mass is 549 g/mol. The summed E-state index contributed by atoms with van der Waals surface area (Å²) in [6.07, 6.45) is -20.8. The fourth-order valence-electron chi connectivity index (χ4n) is 4.95. The first-order chi connectivity index (χ1) is 17.0. The summed E-state index contributed by atoms with van der Waals surface area (Å²) < 4.78 is 121. The van der Waals surface area contributed by atoms with Crippen LogP contribution in [0.2, 0.25) is 0 Å². The van der Waals surface area contributed by atoms with Gasteiger partial charge in [0.2, 0.25) is 0 Å². The fraction of sp³-hybridized carbons (Fsp3) is 0.700. The SMILES string of the molecule is O=C(OC(C(F)(F)F)C(F)(F)F)N1CCC2(CCCN2C(=O)c2cc3n(n2)C(C(F)(F)F)CC=N3)CC1. The highest BCUT2D eigenvalue weighted by molar-refractivity contribution is 5.94. The van der Waals surface area contributed by atoms with E-state index in [4.69, 9.17) is 0 Å². The minimum absolute atomic E-state index is 0.0213. The van der Waals surface area contributed by atoms with Gasteiger partial charge < -0.3 is 14.5 Å². The van der Waals surface area contributed by atoms with Gasteiger partial charge in [0.1, 0.15) is 0 Å². The highest BCUT2D eigenvalue weighted by atomic mass is 19.4. The number of carbonyl (C=O) groups excluding carboxylic acids is 2. The Bertz CT molecular complexity index is 1060. The summed E-state index contributed by atoms with van der Waals surface area (Å²) in [5, 5.41) is 3.84. The van der Waals surface area contributed by atoms with Gasteiger partial charge in [0.15, 0.2) is 17.6 Å². The molecule has 3 aliphatic rings. The molecule has 17 heteroatoms. The first kappa shape index (κ1) is 27.0. The van der Waals surface area contributed by atoms with Crippen LogP contribution >= 0.6 is 0 Å². The van der Waals surface area contributed by atoms with E-state index in [1.165, 1.54) is 4.90 Å². The van der Waals surface area contributed by atoms with Crippen LogP contribution in [-0.2, 0) is 4.74 Å². The molecule has 0 saturated carbocycles. The van der Waals surface area contributed by atoms with E-state index >= 15 is 0 Å². The lowest BCUT2D eigenvalue weighted by molar-refractivity contribution is -0.308. The van der Waals surface area contributed by atoms with Crippen LogP contribution in [0, 0.1) is 0 Å². The molecule has 0 N–H and O–H groups in total. The molecule has 37 heavy (non-hydrogen) atoms. The van der Waals surface area contributed by atoms with E-state index in [9.17, 15) is 49.1 Å². The van der Waals surface area contributed by atoms with Gasteiger partial charge >= 0.3 is 24.6 Å². The molecule has 2 amide bonds. The number of hydrogen-bond acceptors (Lipinski definition) is 5.